The number of rotatable bonds is 6. The second kappa shape index (κ2) is 10.8. The van der Waals surface area contributed by atoms with E-state index in [1.54, 1.807) is 0 Å². The molecule has 1 fully saturated rings. The number of carboxylic acid groups (broad SMARTS) is 1. The molecule has 0 spiro atoms. The van der Waals surface area contributed by atoms with Crippen molar-refractivity contribution in [2.75, 3.05) is 24.1 Å². The number of anilines is 1. The summed E-state index contributed by atoms with van der Waals surface area (Å²) in [7, 11) is -4.63. The average molecular weight is 614 g/mol. The summed E-state index contributed by atoms with van der Waals surface area (Å²) in [5, 5.41) is 9.89. The molecule has 1 N–H and O–H groups in total. The molecule has 0 saturated carbocycles. The lowest BCUT2D eigenvalue weighted by Gasteiger charge is -2.40. The van der Waals surface area contributed by atoms with Crippen LogP contribution in [0.25, 0.3) is 11.1 Å². The lowest BCUT2D eigenvalue weighted by Crippen LogP contribution is -2.48. The maximum Gasteiger partial charge on any atom is 0.416 e. The summed E-state index contributed by atoms with van der Waals surface area (Å²) in [6, 6.07) is 11.9. The first kappa shape index (κ1) is 29.2. The molecular weight excluding hydrogens is 590 g/mol. The molecule has 3 aromatic rings. The Bertz CT molecular complexity index is 1590. The van der Waals surface area contributed by atoms with Gasteiger partial charge in [0.15, 0.2) is 0 Å². The van der Waals surface area contributed by atoms with Crippen LogP contribution >= 0.6 is 11.6 Å². The zero-order valence-corrected chi connectivity index (χ0v) is 22.9. The van der Waals surface area contributed by atoms with E-state index in [1.807, 2.05) is 0 Å². The first-order valence-corrected chi connectivity index (χ1v) is 14.4. The Hall–Kier alpha value is -3.35. The Morgan fingerprint density at radius 3 is 2.46 bits per heavy atom. The van der Waals surface area contributed by atoms with Crippen LogP contribution < -0.4 is 9.04 Å². The summed E-state index contributed by atoms with van der Waals surface area (Å²) >= 11 is 5.94. The Kier molecular flexibility index (Phi) is 7.68. The molecule has 0 aliphatic carbocycles. The zero-order chi connectivity index (χ0) is 29.6. The smallest absolute Gasteiger partial charge is 0.416 e. The molecule has 1 atom stereocenters. The number of aliphatic carboxylic acids is 1. The van der Waals surface area contributed by atoms with Crippen LogP contribution in [0.3, 0.4) is 0 Å². The Morgan fingerprint density at radius 1 is 1.07 bits per heavy atom. The van der Waals surface area contributed by atoms with Crippen molar-refractivity contribution in [2.24, 2.45) is 5.41 Å². The van der Waals surface area contributed by atoms with Crippen LogP contribution in [0.5, 0.6) is 5.75 Å². The molecule has 2 aliphatic heterocycles. The summed E-state index contributed by atoms with van der Waals surface area (Å²) in [5.74, 6) is -1.76. The fourth-order valence-corrected chi connectivity index (χ4v) is 6.92. The fraction of sp³-hybridized carbons (Fsp3) is 0.321. The number of fused-ring (bicyclic) bond motifs is 1. The van der Waals surface area contributed by atoms with Gasteiger partial charge in [-0.15, -0.1) is 0 Å². The first-order chi connectivity index (χ1) is 19.3. The highest BCUT2D eigenvalue weighted by atomic mass is 35.5. The van der Waals surface area contributed by atoms with E-state index in [1.165, 1.54) is 36.4 Å². The number of ether oxygens (including phenoxy) is 2. The number of benzene rings is 3. The van der Waals surface area contributed by atoms with E-state index in [-0.39, 0.29) is 66.6 Å². The summed E-state index contributed by atoms with van der Waals surface area (Å²) in [6.45, 7) is 0.0236. The molecule has 0 radical (unpaired) electrons. The number of carboxylic acids is 1. The van der Waals surface area contributed by atoms with Crippen molar-refractivity contribution in [3.8, 4) is 16.9 Å². The van der Waals surface area contributed by atoms with E-state index in [0.29, 0.717) is 6.07 Å². The van der Waals surface area contributed by atoms with Crippen molar-refractivity contribution in [3.05, 3.63) is 77.1 Å². The molecular formula is C28H24ClF4NO6S. The van der Waals surface area contributed by atoms with E-state index in [2.05, 4.69) is 0 Å². The number of hydrogen-bond donors (Lipinski definition) is 1. The largest absolute Gasteiger partial charge is 0.486 e. The molecule has 41 heavy (non-hydrogen) atoms. The van der Waals surface area contributed by atoms with Gasteiger partial charge in [0.05, 0.1) is 33.1 Å². The van der Waals surface area contributed by atoms with Crippen LogP contribution in [0.15, 0.2) is 65.6 Å². The van der Waals surface area contributed by atoms with E-state index >= 15 is 0 Å². The molecule has 0 unspecified atom stereocenters. The number of nitrogens with zero attached hydrogens (tertiary/aromatic N) is 1. The topological polar surface area (TPSA) is 93.1 Å². The maximum atomic E-state index is 14.8. The Morgan fingerprint density at radius 2 is 1.78 bits per heavy atom. The third kappa shape index (κ3) is 5.60. The first-order valence-electron chi connectivity index (χ1n) is 12.6. The van der Waals surface area contributed by atoms with Crippen LogP contribution in [-0.4, -0.2) is 45.4 Å². The van der Waals surface area contributed by atoms with Crippen LogP contribution in [0.4, 0.5) is 23.2 Å². The van der Waals surface area contributed by atoms with Crippen molar-refractivity contribution < 1.29 is 45.4 Å². The molecule has 5 rings (SSSR count). The van der Waals surface area contributed by atoms with Crippen molar-refractivity contribution in [2.45, 2.75) is 36.4 Å². The number of halogens is 5. The van der Waals surface area contributed by atoms with Gasteiger partial charge >= 0.3 is 12.1 Å². The normalized spacial score (nSPS) is 18.9. The molecule has 218 valence electrons. The Balaban J connectivity index is 1.61. The minimum Gasteiger partial charge on any atom is -0.486 e. The van der Waals surface area contributed by atoms with Crippen molar-refractivity contribution in [3.63, 3.8) is 0 Å². The Labute approximate surface area is 238 Å². The monoisotopic (exact) mass is 613 g/mol. The van der Waals surface area contributed by atoms with Crippen molar-refractivity contribution in [1.29, 1.82) is 0 Å². The van der Waals surface area contributed by atoms with Crippen LogP contribution in [-0.2, 0) is 25.7 Å². The highest BCUT2D eigenvalue weighted by molar-refractivity contribution is 7.92. The molecule has 3 aromatic carbocycles. The van der Waals surface area contributed by atoms with Crippen molar-refractivity contribution in [1.82, 2.24) is 0 Å². The predicted octanol–water partition coefficient (Wildman–Crippen LogP) is 6.39. The lowest BCUT2D eigenvalue weighted by molar-refractivity contribution is -0.157. The lowest BCUT2D eigenvalue weighted by atomic mass is 9.75. The molecule has 0 amide bonds. The summed E-state index contributed by atoms with van der Waals surface area (Å²) in [6.07, 6.45) is -5.44. The minimum absolute atomic E-state index is 0.0353. The highest BCUT2D eigenvalue weighted by Crippen LogP contribution is 2.44. The summed E-state index contributed by atoms with van der Waals surface area (Å²) < 4.78 is 95.3. The minimum atomic E-state index is -4.79. The molecule has 2 heterocycles. The summed E-state index contributed by atoms with van der Waals surface area (Å²) in [4.78, 5) is 11.7. The van der Waals surface area contributed by atoms with Crippen LogP contribution in [0.1, 0.15) is 24.8 Å². The van der Waals surface area contributed by atoms with Gasteiger partial charge in [-0.3, -0.25) is 9.10 Å². The number of alkyl halides is 3. The van der Waals surface area contributed by atoms with Crippen LogP contribution in [0, 0.1) is 11.2 Å². The predicted molar refractivity (Wildman–Crippen MR) is 142 cm³/mol. The molecule has 2 aliphatic rings. The SMILES string of the molecule is O=C(O)C1(C[C@H]2CN(S(=O)(=O)c3cccc(C(F)(F)F)c3)c3cc(-c4cccc(Cl)c4F)ccc3O2)CCOCC1. The van der Waals surface area contributed by atoms with Gasteiger partial charge in [0, 0.05) is 25.2 Å². The molecule has 0 bridgehead atoms. The molecule has 0 aromatic heterocycles. The van der Waals surface area contributed by atoms with Gasteiger partial charge in [0.2, 0.25) is 0 Å². The number of sulfonamides is 1. The van der Waals surface area contributed by atoms with E-state index in [9.17, 15) is 35.9 Å². The van der Waals surface area contributed by atoms with Gasteiger partial charge in [-0.2, -0.15) is 13.2 Å². The number of carbonyl (C=O) groups is 1. The van der Waals surface area contributed by atoms with Gasteiger partial charge in [-0.25, -0.2) is 12.8 Å². The van der Waals surface area contributed by atoms with Crippen LogP contribution in [0.2, 0.25) is 5.02 Å². The summed E-state index contributed by atoms with van der Waals surface area (Å²) in [5.41, 5.74) is -2.10. The fourth-order valence-electron chi connectivity index (χ4n) is 5.20. The van der Waals surface area contributed by atoms with E-state index < -0.39 is 50.0 Å². The van der Waals surface area contributed by atoms with E-state index in [0.717, 1.165) is 22.5 Å². The second-order valence-electron chi connectivity index (χ2n) is 9.99. The highest BCUT2D eigenvalue weighted by Gasteiger charge is 2.45. The quantitative estimate of drug-likeness (QED) is 0.324. The van der Waals surface area contributed by atoms with Gasteiger partial charge < -0.3 is 14.6 Å². The standard InChI is InChI=1S/C28H24ClF4NO6S/c29-22-6-2-5-21(25(22)30)17-7-8-24-23(13-17)34(41(37,38)20-4-1-3-18(14-20)28(31,32)33)16-19(40-24)15-27(26(35)36)9-11-39-12-10-27/h1-8,13-14,19H,9-12,15-16H2,(H,35,36)/t19-/m0/s1. The maximum absolute atomic E-state index is 14.8. The number of hydrogen-bond acceptors (Lipinski definition) is 5. The molecule has 13 heteroatoms. The van der Waals surface area contributed by atoms with Gasteiger partial charge in [0.1, 0.15) is 17.7 Å². The van der Waals surface area contributed by atoms with Gasteiger partial charge in [0.25, 0.3) is 10.0 Å². The zero-order valence-electron chi connectivity index (χ0n) is 21.3. The molecule has 7 nitrogen and oxygen atoms in total. The van der Waals surface area contributed by atoms with E-state index in [4.69, 9.17) is 21.1 Å². The third-order valence-electron chi connectivity index (χ3n) is 7.42. The van der Waals surface area contributed by atoms with Crippen molar-refractivity contribution >= 4 is 33.3 Å². The van der Waals surface area contributed by atoms with Gasteiger partial charge in [-0.05, 0) is 54.8 Å². The molecule has 1 saturated heterocycles. The third-order valence-corrected chi connectivity index (χ3v) is 9.49. The second-order valence-corrected chi connectivity index (χ2v) is 12.3. The van der Waals surface area contributed by atoms with Gasteiger partial charge in [-0.1, -0.05) is 35.9 Å². The average Bonchev–Trinajstić information content (AvgIpc) is 2.94.